The standard InChI is InChI=1S/C31H45N3O6.CH4/c1-6-8-9-10-23-18-27(40-16-15-38-13-14-39-20-24-19-34(7-2)33-32-24)29(30(35)28(23)31(36)37)26-17-22(5)11-12-25(26)21(3)4;/h17-19,25-26,35H,3,6-16,20H2,1-2,4-5H3,(H,36,37);1H4. The van der Waals surface area contributed by atoms with E-state index in [1.54, 1.807) is 4.68 Å². The Hall–Kier alpha value is -3.17. The molecule has 1 aliphatic rings. The van der Waals surface area contributed by atoms with Gasteiger partial charge in [0.05, 0.1) is 32.6 Å². The second-order valence-corrected chi connectivity index (χ2v) is 10.5. The molecule has 9 heteroatoms. The predicted octanol–water partition coefficient (Wildman–Crippen LogP) is 6.70. The number of benzene rings is 1. The van der Waals surface area contributed by atoms with Crippen LogP contribution < -0.4 is 4.74 Å². The molecule has 0 amide bonds. The van der Waals surface area contributed by atoms with Crippen LogP contribution in [0.2, 0.25) is 0 Å². The quantitative estimate of drug-likeness (QED) is 0.159. The number of aryl methyl sites for hydroxylation is 2. The van der Waals surface area contributed by atoms with Gasteiger partial charge in [-0.2, -0.15) is 0 Å². The van der Waals surface area contributed by atoms with Crippen LogP contribution in [-0.4, -0.2) is 57.6 Å². The van der Waals surface area contributed by atoms with Gasteiger partial charge in [0.15, 0.2) is 0 Å². The van der Waals surface area contributed by atoms with Gasteiger partial charge in [-0.05, 0) is 64.0 Å². The lowest BCUT2D eigenvalue weighted by atomic mass is 9.73. The van der Waals surface area contributed by atoms with E-state index >= 15 is 0 Å². The minimum absolute atomic E-state index is 0. The monoisotopic (exact) mass is 571 g/mol. The first-order chi connectivity index (χ1) is 19.3. The molecule has 41 heavy (non-hydrogen) atoms. The van der Waals surface area contributed by atoms with Gasteiger partial charge in [0.1, 0.15) is 29.4 Å². The van der Waals surface area contributed by atoms with Gasteiger partial charge < -0.3 is 24.4 Å². The number of allylic oxidation sites excluding steroid dienone is 3. The number of ether oxygens (including phenoxy) is 3. The van der Waals surface area contributed by atoms with E-state index in [-0.39, 0.29) is 37.2 Å². The smallest absolute Gasteiger partial charge is 0.339 e. The molecule has 0 aliphatic heterocycles. The average Bonchev–Trinajstić information content (AvgIpc) is 3.38. The number of aromatic carboxylic acids is 1. The second-order valence-electron chi connectivity index (χ2n) is 10.5. The molecule has 0 fully saturated rings. The normalized spacial score (nSPS) is 16.6. The van der Waals surface area contributed by atoms with Crippen LogP contribution in [0.4, 0.5) is 0 Å². The third-order valence-electron chi connectivity index (χ3n) is 7.38. The van der Waals surface area contributed by atoms with Gasteiger partial charge in [0.25, 0.3) is 0 Å². The largest absolute Gasteiger partial charge is 0.507 e. The number of phenols is 1. The number of unbranched alkanes of at least 4 members (excludes halogenated alkanes) is 2. The van der Waals surface area contributed by atoms with Crippen molar-refractivity contribution in [2.24, 2.45) is 5.92 Å². The molecule has 1 aromatic carbocycles. The molecule has 0 radical (unpaired) electrons. The van der Waals surface area contributed by atoms with Crippen LogP contribution in [0, 0.1) is 5.92 Å². The van der Waals surface area contributed by atoms with Crippen LogP contribution in [0.5, 0.6) is 11.5 Å². The van der Waals surface area contributed by atoms with E-state index in [1.807, 2.05) is 26.1 Å². The van der Waals surface area contributed by atoms with E-state index in [2.05, 4.69) is 36.8 Å². The fourth-order valence-corrected chi connectivity index (χ4v) is 5.23. The number of aromatic hydroxyl groups is 1. The first kappa shape index (κ1) is 34.0. The minimum atomic E-state index is -1.12. The van der Waals surface area contributed by atoms with Crippen LogP contribution in [0.1, 0.15) is 100 Å². The zero-order valence-corrected chi connectivity index (χ0v) is 24.4. The summed E-state index contributed by atoms with van der Waals surface area (Å²) in [6.45, 7) is 14.9. The number of carboxylic acid groups (broad SMARTS) is 1. The van der Waals surface area contributed by atoms with Gasteiger partial charge in [-0.3, -0.25) is 4.68 Å². The molecule has 9 nitrogen and oxygen atoms in total. The molecule has 2 atom stereocenters. The van der Waals surface area contributed by atoms with Gasteiger partial charge in [0.2, 0.25) is 0 Å². The summed E-state index contributed by atoms with van der Waals surface area (Å²) in [5.74, 6) is -0.954. The Morgan fingerprint density at radius 1 is 1.17 bits per heavy atom. The van der Waals surface area contributed by atoms with E-state index in [1.165, 1.54) is 5.57 Å². The highest BCUT2D eigenvalue weighted by Gasteiger charge is 2.33. The lowest BCUT2D eigenvalue weighted by molar-refractivity contribution is 0.0292. The van der Waals surface area contributed by atoms with Crippen LogP contribution in [0.3, 0.4) is 0 Å². The van der Waals surface area contributed by atoms with Crippen molar-refractivity contribution < 1.29 is 29.2 Å². The highest BCUT2D eigenvalue weighted by molar-refractivity contribution is 5.94. The van der Waals surface area contributed by atoms with E-state index in [0.717, 1.165) is 49.9 Å². The van der Waals surface area contributed by atoms with E-state index in [9.17, 15) is 15.0 Å². The van der Waals surface area contributed by atoms with Crippen LogP contribution in [0.15, 0.2) is 36.1 Å². The number of carbonyl (C=O) groups is 1. The average molecular weight is 572 g/mol. The van der Waals surface area contributed by atoms with Gasteiger partial charge in [-0.15, -0.1) is 5.10 Å². The molecular formula is C32H49N3O6. The van der Waals surface area contributed by atoms with Gasteiger partial charge in [0, 0.05) is 18.0 Å². The Morgan fingerprint density at radius 2 is 1.90 bits per heavy atom. The lowest BCUT2D eigenvalue weighted by Crippen LogP contribution is -2.20. The number of carboxylic acids is 1. The van der Waals surface area contributed by atoms with Gasteiger partial charge in [-0.25, -0.2) is 4.79 Å². The van der Waals surface area contributed by atoms with Crippen LogP contribution in [-0.2, 0) is 29.0 Å². The maximum absolute atomic E-state index is 12.3. The molecule has 2 aromatic rings. The van der Waals surface area contributed by atoms with Gasteiger partial charge >= 0.3 is 5.97 Å². The first-order valence-electron chi connectivity index (χ1n) is 14.4. The van der Waals surface area contributed by atoms with E-state index in [0.29, 0.717) is 49.7 Å². The molecule has 0 bridgehead atoms. The Bertz CT molecular complexity index is 1170. The molecular weight excluding hydrogens is 522 g/mol. The molecule has 0 spiro atoms. The van der Waals surface area contributed by atoms with E-state index in [4.69, 9.17) is 14.2 Å². The zero-order chi connectivity index (χ0) is 29.1. The number of hydrogen-bond donors (Lipinski definition) is 2. The molecule has 1 aliphatic carbocycles. The molecule has 228 valence electrons. The summed E-state index contributed by atoms with van der Waals surface area (Å²) in [7, 11) is 0. The summed E-state index contributed by atoms with van der Waals surface area (Å²) < 4.78 is 19.3. The Kier molecular flexibility index (Phi) is 14.1. The summed E-state index contributed by atoms with van der Waals surface area (Å²) in [4.78, 5) is 12.3. The molecule has 0 saturated carbocycles. The minimum Gasteiger partial charge on any atom is -0.507 e. The SMILES string of the molecule is C.C=C(C)C1CCC(C)=CC1c1c(OCCOCCOCc2cn(CC)nn2)cc(CCCCC)c(C(=O)O)c1O. The van der Waals surface area contributed by atoms with Crippen molar-refractivity contribution in [2.75, 3.05) is 26.4 Å². The maximum atomic E-state index is 12.3. The van der Waals surface area contributed by atoms with Crippen LogP contribution in [0.25, 0.3) is 0 Å². The molecule has 3 rings (SSSR count). The van der Waals surface area contributed by atoms with Crippen LogP contribution >= 0.6 is 0 Å². The summed E-state index contributed by atoms with van der Waals surface area (Å²) in [5, 5.41) is 29.6. The number of rotatable bonds is 17. The first-order valence-corrected chi connectivity index (χ1v) is 14.4. The van der Waals surface area contributed by atoms with Crippen molar-refractivity contribution in [3.05, 3.63) is 58.4 Å². The number of aromatic nitrogens is 3. The zero-order valence-electron chi connectivity index (χ0n) is 24.4. The van der Waals surface area contributed by atoms with Crippen molar-refractivity contribution in [3.63, 3.8) is 0 Å². The molecule has 2 unspecified atom stereocenters. The highest BCUT2D eigenvalue weighted by Crippen LogP contribution is 2.48. The topological polar surface area (TPSA) is 116 Å². The fourth-order valence-electron chi connectivity index (χ4n) is 5.23. The molecule has 2 N–H and O–H groups in total. The molecule has 1 heterocycles. The second kappa shape index (κ2) is 16.9. The van der Waals surface area contributed by atoms with Crippen molar-refractivity contribution in [2.45, 2.75) is 92.7 Å². The lowest BCUT2D eigenvalue weighted by Gasteiger charge is -2.32. The molecule has 1 aromatic heterocycles. The van der Waals surface area contributed by atoms with Crippen molar-refractivity contribution in [1.29, 1.82) is 0 Å². The molecule has 0 saturated heterocycles. The van der Waals surface area contributed by atoms with Crippen molar-refractivity contribution in [1.82, 2.24) is 15.0 Å². The third-order valence-corrected chi connectivity index (χ3v) is 7.38. The predicted molar refractivity (Wildman–Crippen MR) is 161 cm³/mol. The van der Waals surface area contributed by atoms with Crippen molar-refractivity contribution in [3.8, 4) is 11.5 Å². The third kappa shape index (κ3) is 9.43. The summed E-state index contributed by atoms with van der Waals surface area (Å²) in [6, 6.07) is 1.81. The Morgan fingerprint density at radius 3 is 2.56 bits per heavy atom. The summed E-state index contributed by atoms with van der Waals surface area (Å²) in [6.07, 6.45) is 9.20. The number of nitrogens with zero attached hydrogens (tertiary/aromatic N) is 3. The summed E-state index contributed by atoms with van der Waals surface area (Å²) >= 11 is 0. The highest BCUT2D eigenvalue weighted by atomic mass is 16.5. The van der Waals surface area contributed by atoms with E-state index < -0.39 is 5.97 Å². The fraction of sp³-hybridized carbons (Fsp3) is 0.594. The summed E-state index contributed by atoms with van der Waals surface area (Å²) in [5.41, 5.74) is 4.07. The maximum Gasteiger partial charge on any atom is 0.339 e. The van der Waals surface area contributed by atoms with Crippen molar-refractivity contribution >= 4 is 5.97 Å². The Labute approximate surface area is 245 Å². The Balaban J connectivity index is 0.00000588. The number of hydrogen-bond acceptors (Lipinski definition) is 7. The van der Waals surface area contributed by atoms with Gasteiger partial charge in [-0.1, -0.05) is 56.2 Å².